The number of hydroxylamine groups is 1. The molecule has 3 saturated heterocycles. The number of ether oxygens (including phenoxy) is 1. The second-order valence-corrected chi connectivity index (χ2v) is 8.82. The van der Waals surface area contributed by atoms with E-state index < -0.39 is 0 Å². The molecule has 4 unspecified atom stereocenters. The first-order chi connectivity index (χ1) is 12.7. The number of nitrogens with one attached hydrogen (secondary N) is 3. The second kappa shape index (κ2) is 8.71. The minimum absolute atomic E-state index is 0.0106. The Morgan fingerprint density at radius 1 is 1.19 bits per heavy atom. The van der Waals surface area contributed by atoms with Crippen LogP contribution in [0.3, 0.4) is 0 Å². The van der Waals surface area contributed by atoms with E-state index in [4.69, 9.17) is 21.2 Å². The van der Waals surface area contributed by atoms with Gasteiger partial charge in [-0.1, -0.05) is 0 Å². The minimum atomic E-state index is -0.280. The molecule has 0 aromatic rings. The maximum atomic E-state index is 12.5. The van der Waals surface area contributed by atoms with Gasteiger partial charge < -0.3 is 10.1 Å². The highest BCUT2D eigenvalue weighted by Gasteiger charge is 2.38. The number of hydrogen-bond donors (Lipinski definition) is 3. The molecule has 26 heavy (non-hydrogen) atoms. The standard InChI is InChI=1S/C18H31ClN4O3/c19-13-5-3-12(4-6-13)10-23-11-14(9-20-23)21-18(24)15-8-17(26-22-15)16-2-1-7-25-16/h12-17,20,22H,1-11H2,(H,21,24). The van der Waals surface area contributed by atoms with Gasteiger partial charge in [-0.15, -0.1) is 11.6 Å². The summed E-state index contributed by atoms with van der Waals surface area (Å²) < 4.78 is 5.67. The van der Waals surface area contributed by atoms with Gasteiger partial charge in [-0.2, -0.15) is 5.48 Å². The average molecular weight is 387 g/mol. The van der Waals surface area contributed by atoms with E-state index in [1.807, 2.05) is 0 Å². The van der Waals surface area contributed by atoms with Crippen LogP contribution < -0.4 is 16.2 Å². The van der Waals surface area contributed by atoms with Gasteiger partial charge in [0.1, 0.15) is 12.1 Å². The van der Waals surface area contributed by atoms with Crippen molar-refractivity contribution in [2.75, 3.05) is 26.2 Å². The number of hydrazine groups is 1. The molecule has 4 atom stereocenters. The molecule has 4 rings (SSSR count). The van der Waals surface area contributed by atoms with Crippen LogP contribution in [0.15, 0.2) is 0 Å². The Morgan fingerprint density at radius 3 is 2.81 bits per heavy atom. The summed E-state index contributed by atoms with van der Waals surface area (Å²) in [7, 11) is 0. The van der Waals surface area contributed by atoms with Gasteiger partial charge in [0.15, 0.2) is 0 Å². The first-order valence-electron chi connectivity index (χ1n) is 10.1. The van der Waals surface area contributed by atoms with Crippen LogP contribution >= 0.6 is 11.6 Å². The maximum absolute atomic E-state index is 12.5. The van der Waals surface area contributed by atoms with Gasteiger partial charge in [0.05, 0.1) is 12.1 Å². The predicted octanol–water partition coefficient (Wildman–Crippen LogP) is 0.930. The first kappa shape index (κ1) is 18.9. The monoisotopic (exact) mass is 386 g/mol. The van der Waals surface area contributed by atoms with Crippen LogP contribution in [0.4, 0.5) is 0 Å². The Labute approximate surface area is 160 Å². The largest absolute Gasteiger partial charge is 0.375 e. The number of halogens is 1. The normalized spacial score (nSPS) is 41.6. The maximum Gasteiger partial charge on any atom is 0.239 e. The van der Waals surface area contributed by atoms with Crippen LogP contribution in [0, 0.1) is 5.92 Å². The molecule has 4 fully saturated rings. The molecule has 8 heteroatoms. The summed E-state index contributed by atoms with van der Waals surface area (Å²) in [5.74, 6) is 0.741. The lowest BCUT2D eigenvalue weighted by atomic mass is 9.89. The Kier molecular flexibility index (Phi) is 6.33. The van der Waals surface area contributed by atoms with Crippen LogP contribution in [0.25, 0.3) is 0 Å². The van der Waals surface area contributed by atoms with E-state index in [9.17, 15) is 4.79 Å². The van der Waals surface area contributed by atoms with E-state index in [0.717, 1.165) is 51.9 Å². The number of nitrogens with zero attached hydrogens (tertiary/aromatic N) is 1. The third-order valence-corrected chi connectivity index (χ3v) is 6.57. The van der Waals surface area contributed by atoms with Gasteiger partial charge in [-0.25, -0.2) is 5.01 Å². The molecule has 0 spiro atoms. The van der Waals surface area contributed by atoms with Crippen molar-refractivity contribution in [3.8, 4) is 0 Å². The van der Waals surface area contributed by atoms with Crippen molar-refractivity contribution in [1.82, 2.24) is 21.2 Å². The molecule has 7 nitrogen and oxygen atoms in total. The SMILES string of the molecule is O=C(NC1CNN(CC2CCC(Cl)CC2)C1)C1CC(C2CCCO2)ON1. The van der Waals surface area contributed by atoms with Gasteiger partial charge >= 0.3 is 0 Å². The van der Waals surface area contributed by atoms with Gasteiger partial charge in [0.25, 0.3) is 0 Å². The van der Waals surface area contributed by atoms with Gasteiger partial charge in [0, 0.05) is 38.0 Å². The first-order valence-corrected chi connectivity index (χ1v) is 10.6. The highest BCUT2D eigenvalue weighted by molar-refractivity contribution is 6.20. The fourth-order valence-corrected chi connectivity index (χ4v) is 4.82. The van der Waals surface area contributed by atoms with Crippen molar-refractivity contribution in [3.63, 3.8) is 0 Å². The molecular formula is C18H31ClN4O3. The molecule has 0 aromatic heterocycles. The molecular weight excluding hydrogens is 356 g/mol. The average Bonchev–Trinajstić information content (AvgIpc) is 3.38. The van der Waals surface area contributed by atoms with E-state index in [-0.39, 0.29) is 30.2 Å². The number of carbonyl (C=O) groups is 1. The summed E-state index contributed by atoms with van der Waals surface area (Å²) in [6, 6.07) is -0.132. The molecule has 148 valence electrons. The molecule has 3 heterocycles. The van der Waals surface area contributed by atoms with Crippen LogP contribution in [0.2, 0.25) is 0 Å². The highest BCUT2D eigenvalue weighted by atomic mass is 35.5. The summed E-state index contributed by atoms with van der Waals surface area (Å²) in [5, 5.41) is 5.79. The van der Waals surface area contributed by atoms with Gasteiger partial charge in [-0.05, 0) is 44.4 Å². The predicted molar refractivity (Wildman–Crippen MR) is 98.5 cm³/mol. The van der Waals surface area contributed by atoms with E-state index in [0.29, 0.717) is 17.7 Å². The van der Waals surface area contributed by atoms with Gasteiger partial charge in [-0.3, -0.25) is 15.1 Å². The molecule has 0 aromatic carbocycles. The van der Waals surface area contributed by atoms with E-state index in [2.05, 4.69) is 21.2 Å². The minimum Gasteiger partial charge on any atom is -0.375 e. The molecule has 1 amide bonds. The number of rotatable bonds is 5. The molecule has 1 aliphatic carbocycles. The highest BCUT2D eigenvalue weighted by Crippen LogP contribution is 2.28. The summed E-state index contributed by atoms with van der Waals surface area (Å²) in [6.07, 6.45) is 7.57. The zero-order valence-corrected chi connectivity index (χ0v) is 16.0. The van der Waals surface area contributed by atoms with Gasteiger partial charge in [0.2, 0.25) is 5.91 Å². The fraction of sp³-hybridized carbons (Fsp3) is 0.944. The number of alkyl halides is 1. The Morgan fingerprint density at radius 2 is 2.04 bits per heavy atom. The van der Waals surface area contributed by atoms with E-state index >= 15 is 0 Å². The lowest BCUT2D eigenvalue weighted by Gasteiger charge is -2.28. The van der Waals surface area contributed by atoms with Crippen molar-refractivity contribution >= 4 is 17.5 Å². The van der Waals surface area contributed by atoms with Crippen molar-refractivity contribution in [2.45, 2.75) is 74.6 Å². The van der Waals surface area contributed by atoms with Crippen LogP contribution in [0.5, 0.6) is 0 Å². The molecule has 3 N–H and O–H groups in total. The Hall–Kier alpha value is -0.440. The van der Waals surface area contributed by atoms with Crippen molar-refractivity contribution in [2.24, 2.45) is 5.92 Å². The van der Waals surface area contributed by atoms with Crippen molar-refractivity contribution < 1.29 is 14.4 Å². The lowest BCUT2D eigenvalue weighted by molar-refractivity contribution is -0.125. The number of amides is 1. The molecule has 1 saturated carbocycles. The molecule has 3 aliphatic heterocycles. The summed E-state index contributed by atoms with van der Waals surface area (Å²) in [5.41, 5.74) is 6.33. The zero-order valence-electron chi connectivity index (χ0n) is 15.3. The van der Waals surface area contributed by atoms with Crippen molar-refractivity contribution in [3.05, 3.63) is 0 Å². The third kappa shape index (κ3) is 4.69. The number of hydrogen-bond acceptors (Lipinski definition) is 6. The Bertz CT molecular complexity index is 483. The topological polar surface area (TPSA) is 74.9 Å². The summed E-state index contributed by atoms with van der Waals surface area (Å²) in [4.78, 5) is 18.1. The van der Waals surface area contributed by atoms with Crippen molar-refractivity contribution in [1.29, 1.82) is 0 Å². The smallest absolute Gasteiger partial charge is 0.239 e. The number of carbonyl (C=O) groups excluding carboxylic acids is 1. The van der Waals surface area contributed by atoms with Crippen LogP contribution in [0.1, 0.15) is 44.9 Å². The summed E-state index contributed by atoms with van der Waals surface area (Å²) in [6.45, 7) is 3.49. The second-order valence-electron chi connectivity index (χ2n) is 8.20. The molecule has 0 radical (unpaired) electrons. The quantitative estimate of drug-likeness (QED) is 0.610. The third-order valence-electron chi connectivity index (χ3n) is 6.13. The van der Waals surface area contributed by atoms with Crippen LogP contribution in [-0.4, -0.2) is 66.8 Å². The Balaban J connectivity index is 1.17. The summed E-state index contributed by atoms with van der Waals surface area (Å²) >= 11 is 6.19. The van der Waals surface area contributed by atoms with E-state index in [1.165, 1.54) is 12.8 Å². The van der Waals surface area contributed by atoms with E-state index in [1.54, 1.807) is 0 Å². The fourth-order valence-electron chi connectivity index (χ4n) is 4.57. The van der Waals surface area contributed by atoms with Crippen LogP contribution in [-0.2, 0) is 14.4 Å². The zero-order chi connectivity index (χ0) is 17.9. The lowest BCUT2D eigenvalue weighted by Crippen LogP contribution is -2.47. The molecule has 0 bridgehead atoms. The molecule has 4 aliphatic rings.